The van der Waals surface area contributed by atoms with Gasteiger partial charge in [0.1, 0.15) is 12.1 Å². The minimum Gasteiger partial charge on any atom is -0.390 e. The zero-order valence-corrected chi connectivity index (χ0v) is 18.3. The summed E-state index contributed by atoms with van der Waals surface area (Å²) >= 11 is 0. The van der Waals surface area contributed by atoms with E-state index < -0.39 is 42.1 Å². The normalized spacial score (nSPS) is 21.3. The van der Waals surface area contributed by atoms with Gasteiger partial charge in [-0.05, 0) is 31.4 Å². The SMILES string of the molecule is CC(=O)c1cccc(NC(=O)N[C@@H]2C=C(C(=O)N[C@H](CC(C)C)C(N)=O)C[C@@H](O)[C@@H]2O)c1. The van der Waals surface area contributed by atoms with Gasteiger partial charge in [0.05, 0.1) is 12.1 Å². The molecule has 10 nitrogen and oxygen atoms in total. The first kappa shape index (κ1) is 25.0. The van der Waals surface area contributed by atoms with Crippen LogP contribution in [0.4, 0.5) is 10.5 Å². The van der Waals surface area contributed by atoms with Gasteiger partial charge in [0.15, 0.2) is 5.78 Å². The molecule has 32 heavy (non-hydrogen) atoms. The number of carbonyl (C=O) groups excluding carboxylic acids is 4. The van der Waals surface area contributed by atoms with E-state index in [2.05, 4.69) is 16.0 Å². The number of urea groups is 1. The van der Waals surface area contributed by atoms with Crippen molar-refractivity contribution in [1.29, 1.82) is 0 Å². The fraction of sp³-hybridized carbons (Fsp3) is 0.455. The molecular formula is C22H30N4O6. The van der Waals surface area contributed by atoms with Crippen molar-refractivity contribution in [2.75, 3.05) is 5.32 Å². The summed E-state index contributed by atoms with van der Waals surface area (Å²) in [7, 11) is 0. The van der Waals surface area contributed by atoms with Crippen LogP contribution in [0.5, 0.6) is 0 Å². The summed E-state index contributed by atoms with van der Waals surface area (Å²) in [6, 6.07) is 3.67. The largest absolute Gasteiger partial charge is 0.390 e. The van der Waals surface area contributed by atoms with Crippen molar-refractivity contribution in [2.24, 2.45) is 11.7 Å². The van der Waals surface area contributed by atoms with Gasteiger partial charge in [0, 0.05) is 23.2 Å². The maximum Gasteiger partial charge on any atom is 0.319 e. The number of hydrogen-bond donors (Lipinski definition) is 6. The quantitative estimate of drug-likeness (QED) is 0.317. The number of benzene rings is 1. The summed E-state index contributed by atoms with van der Waals surface area (Å²) in [5.41, 5.74) is 6.25. The third-order valence-corrected chi connectivity index (χ3v) is 5.04. The summed E-state index contributed by atoms with van der Waals surface area (Å²) < 4.78 is 0. The van der Waals surface area contributed by atoms with E-state index in [1.807, 2.05) is 13.8 Å². The Kier molecular flexibility index (Phi) is 8.50. The van der Waals surface area contributed by atoms with Gasteiger partial charge in [0.2, 0.25) is 11.8 Å². The maximum absolute atomic E-state index is 12.6. The molecule has 0 unspecified atom stereocenters. The number of aliphatic hydroxyl groups is 2. The second-order valence-electron chi connectivity index (χ2n) is 8.27. The molecule has 1 aromatic rings. The number of primary amides is 1. The number of nitrogens with one attached hydrogen (secondary N) is 3. The highest BCUT2D eigenvalue weighted by Gasteiger charge is 2.34. The van der Waals surface area contributed by atoms with Crippen LogP contribution in [0.2, 0.25) is 0 Å². The van der Waals surface area contributed by atoms with Gasteiger partial charge < -0.3 is 31.9 Å². The summed E-state index contributed by atoms with van der Waals surface area (Å²) in [5.74, 6) is -1.34. The fourth-order valence-corrected chi connectivity index (χ4v) is 3.37. The van der Waals surface area contributed by atoms with Crippen LogP contribution in [0.15, 0.2) is 35.9 Å². The second kappa shape index (κ2) is 10.9. The average molecular weight is 447 g/mol. The van der Waals surface area contributed by atoms with Gasteiger partial charge in [-0.2, -0.15) is 0 Å². The molecule has 0 fully saturated rings. The number of Topliss-reactive ketones (excluding diaryl/α,β-unsaturated/α-hetero) is 1. The van der Waals surface area contributed by atoms with E-state index in [0.29, 0.717) is 17.7 Å². The predicted octanol–water partition coefficient (Wildman–Crippen LogP) is 0.447. The first-order valence-electron chi connectivity index (χ1n) is 10.3. The van der Waals surface area contributed by atoms with Gasteiger partial charge >= 0.3 is 6.03 Å². The van der Waals surface area contributed by atoms with E-state index in [1.54, 1.807) is 18.2 Å². The number of aliphatic hydroxyl groups excluding tert-OH is 2. The van der Waals surface area contributed by atoms with E-state index in [9.17, 15) is 29.4 Å². The first-order chi connectivity index (χ1) is 15.0. The molecule has 1 aliphatic carbocycles. The molecule has 4 amide bonds. The molecule has 174 valence electrons. The first-order valence-corrected chi connectivity index (χ1v) is 10.3. The van der Waals surface area contributed by atoms with Crippen LogP contribution in [0.25, 0.3) is 0 Å². The summed E-state index contributed by atoms with van der Waals surface area (Å²) in [4.78, 5) is 48.1. The molecular weight excluding hydrogens is 416 g/mol. The smallest absolute Gasteiger partial charge is 0.319 e. The molecule has 2 rings (SSSR count). The lowest BCUT2D eigenvalue weighted by atomic mass is 9.89. The molecule has 10 heteroatoms. The number of amides is 4. The Labute approximate surface area is 186 Å². The van der Waals surface area contributed by atoms with Crippen LogP contribution < -0.4 is 21.7 Å². The lowest BCUT2D eigenvalue weighted by Gasteiger charge is -2.31. The van der Waals surface area contributed by atoms with E-state index in [0.717, 1.165) is 0 Å². The highest BCUT2D eigenvalue weighted by Crippen LogP contribution is 2.21. The summed E-state index contributed by atoms with van der Waals surface area (Å²) in [5, 5.41) is 28.0. The fourth-order valence-electron chi connectivity index (χ4n) is 3.37. The molecule has 0 bridgehead atoms. The molecule has 0 saturated heterocycles. The topological polar surface area (TPSA) is 171 Å². The maximum atomic E-state index is 12.6. The molecule has 1 aliphatic rings. The minimum atomic E-state index is -1.34. The summed E-state index contributed by atoms with van der Waals surface area (Å²) in [6.45, 7) is 5.17. The van der Waals surface area contributed by atoms with Crippen molar-refractivity contribution in [1.82, 2.24) is 10.6 Å². The van der Waals surface area contributed by atoms with E-state index in [4.69, 9.17) is 5.73 Å². The second-order valence-corrected chi connectivity index (χ2v) is 8.27. The number of carbonyl (C=O) groups is 4. The standard InChI is InChI=1S/C22H30N4O6/c1-11(2)7-17(20(23)30)25-21(31)14-9-16(19(29)18(28)10-14)26-22(32)24-15-6-4-5-13(8-15)12(3)27/h4-6,8-9,11,16-19,28-29H,7,10H2,1-3H3,(H2,23,30)(H,25,31)(H2,24,26,32)/t16-,17-,18-,19-/m1/s1. The molecule has 0 heterocycles. The van der Waals surface area contributed by atoms with Gasteiger partial charge in [-0.25, -0.2) is 4.79 Å². The Bertz CT molecular complexity index is 913. The van der Waals surface area contributed by atoms with Crippen molar-refractivity contribution >= 4 is 29.3 Å². The van der Waals surface area contributed by atoms with Crippen LogP contribution in [-0.4, -0.2) is 58.1 Å². The Balaban J connectivity index is 2.11. The van der Waals surface area contributed by atoms with Gasteiger partial charge in [-0.3, -0.25) is 14.4 Å². The van der Waals surface area contributed by atoms with E-state index >= 15 is 0 Å². The van der Waals surface area contributed by atoms with E-state index in [1.165, 1.54) is 19.1 Å². The number of ketones is 1. The Hall–Kier alpha value is -3.24. The van der Waals surface area contributed by atoms with Crippen LogP contribution >= 0.6 is 0 Å². The number of anilines is 1. The molecule has 0 aliphatic heterocycles. The molecule has 0 saturated carbocycles. The highest BCUT2D eigenvalue weighted by molar-refractivity contribution is 5.98. The van der Waals surface area contributed by atoms with Gasteiger partial charge in [-0.15, -0.1) is 0 Å². The highest BCUT2D eigenvalue weighted by atomic mass is 16.3. The van der Waals surface area contributed by atoms with Crippen molar-refractivity contribution in [3.8, 4) is 0 Å². The van der Waals surface area contributed by atoms with Crippen molar-refractivity contribution in [3.05, 3.63) is 41.5 Å². The Morgan fingerprint density at radius 3 is 2.47 bits per heavy atom. The average Bonchev–Trinajstić information content (AvgIpc) is 2.70. The van der Waals surface area contributed by atoms with Crippen LogP contribution in [0.3, 0.4) is 0 Å². The zero-order valence-electron chi connectivity index (χ0n) is 18.3. The van der Waals surface area contributed by atoms with Crippen LogP contribution in [0.1, 0.15) is 44.0 Å². The number of hydrogen-bond acceptors (Lipinski definition) is 6. The van der Waals surface area contributed by atoms with Crippen molar-refractivity contribution < 1.29 is 29.4 Å². The Morgan fingerprint density at radius 2 is 1.88 bits per heavy atom. The third kappa shape index (κ3) is 6.89. The minimum absolute atomic E-state index is 0.111. The van der Waals surface area contributed by atoms with E-state index in [-0.39, 0.29) is 23.7 Å². The van der Waals surface area contributed by atoms with Gasteiger partial charge in [0.25, 0.3) is 0 Å². The number of nitrogens with two attached hydrogens (primary N) is 1. The van der Waals surface area contributed by atoms with Crippen LogP contribution in [-0.2, 0) is 9.59 Å². The van der Waals surface area contributed by atoms with Crippen molar-refractivity contribution in [2.45, 2.75) is 57.9 Å². The Morgan fingerprint density at radius 1 is 1.19 bits per heavy atom. The molecule has 4 atom stereocenters. The number of rotatable bonds is 8. The lowest BCUT2D eigenvalue weighted by molar-refractivity contribution is -0.126. The third-order valence-electron chi connectivity index (χ3n) is 5.04. The molecule has 0 aromatic heterocycles. The molecule has 1 aromatic carbocycles. The zero-order chi connectivity index (χ0) is 24.0. The van der Waals surface area contributed by atoms with Gasteiger partial charge in [-0.1, -0.05) is 32.1 Å². The molecule has 0 radical (unpaired) electrons. The monoisotopic (exact) mass is 446 g/mol. The molecule has 0 spiro atoms. The predicted molar refractivity (Wildman–Crippen MR) is 118 cm³/mol. The van der Waals surface area contributed by atoms with Crippen LogP contribution in [0, 0.1) is 5.92 Å². The van der Waals surface area contributed by atoms with Crippen molar-refractivity contribution in [3.63, 3.8) is 0 Å². The molecule has 7 N–H and O–H groups in total. The lowest BCUT2D eigenvalue weighted by Crippen LogP contribution is -2.53. The summed E-state index contributed by atoms with van der Waals surface area (Å²) in [6.07, 6.45) is -1.11.